The minimum Gasteiger partial charge on any atom is -0.508 e. The van der Waals surface area contributed by atoms with E-state index in [0.717, 1.165) is 5.56 Å². The van der Waals surface area contributed by atoms with Crippen LogP contribution in [0.1, 0.15) is 31.2 Å². The summed E-state index contributed by atoms with van der Waals surface area (Å²) in [4.78, 5) is 49.1. The quantitative estimate of drug-likeness (QED) is 0.352. The predicted molar refractivity (Wildman–Crippen MR) is 103 cm³/mol. The van der Waals surface area contributed by atoms with Gasteiger partial charge < -0.3 is 31.9 Å². The number of carbonyl (C=O) groups is 4. The lowest BCUT2D eigenvalue weighted by atomic mass is 10.0. The van der Waals surface area contributed by atoms with Crippen LogP contribution in [0.2, 0.25) is 0 Å². The van der Waals surface area contributed by atoms with Gasteiger partial charge in [-0.1, -0.05) is 12.1 Å². The van der Waals surface area contributed by atoms with Crippen molar-refractivity contribution in [2.45, 2.75) is 50.2 Å². The molecule has 0 radical (unpaired) electrons. The minimum atomic E-state index is -1.11. The molecule has 1 fully saturated rings. The molecule has 1 saturated heterocycles. The van der Waals surface area contributed by atoms with Crippen molar-refractivity contribution in [2.75, 3.05) is 6.54 Å². The first kappa shape index (κ1) is 22.2. The van der Waals surface area contributed by atoms with Gasteiger partial charge in [0.2, 0.25) is 17.7 Å². The van der Waals surface area contributed by atoms with E-state index < -0.39 is 41.8 Å². The van der Waals surface area contributed by atoms with Crippen molar-refractivity contribution in [1.82, 2.24) is 10.2 Å². The van der Waals surface area contributed by atoms with Crippen LogP contribution in [0.25, 0.3) is 0 Å². The van der Waals surface area contributed by atoms with Crippen LogP contribution < -0.4 is 16.8 Å². The third-order valence-electron chi connectivity index (χ3n) is 4.84. The minimum absolute atomic E-state index is 0.0469. The first-order valence-corrected chi connectivity index (χ1v) is 9.34. The maximum atomic E-state index is 12.9. The summed E-state index contributed by atoms with van der Waals surface area (Å²) in [5.74, 6) is -2.84. The Morgan fingerprint density at radius 3 is 2.45 bits per heavy atom. The topological polar surface area (TPSA) is 176 Å². The summed E-state index contributed by atoms with van der Waals surface area (Å²) in [6, 6.07) is 3.16. The van der Waals surface area contributed by atoms with Gasteiger partial charge in [0.15, 0.2) is 0 Å². The highest BCUT2D eigenvalue weighted by Gasteiger charge is 2.38. The number of phenolic OH excluding ortho intramolecular Hbond substituents is 1. The average Bonchev–Trinajstić information content (AvgIpc) is 3.16. The number of likely N-dealkylation sites (tertiary alicyclic amines) is 1. The fourth-order valence-corrected chi connectivity index (χ4v) is 3.29. The van der Waals surface area contributed by atoms with Gasteiger partial charge in [0.1, 0.15) is 17.8 Å². The molecule has 3 unspecified atom stereocenters. The van der Waals surface area contributed by atoms with Crippen LogP contribution >= 0.6 is 0 Å². The number of carboxylic acid groups (broad SMARTS) is 1. The van der Waals surface area contributed by atoms with E-state index in [9.17, 15) is 29.4 Å². The second kappa shape index (κ2) is 9.87. The number of nitrogens with zero attached hydrogens (tertiary/aromatic N) is 1. The van der Waals surface area contributed by atoms with Crippen molar-refractivity contribution in [3.63, 3.8) is 0 Å². The molecule has 10 heteroatoms. The maximum absolute atomic E-state index is 12.9. The van der Waals surface area contributed by atoms with Crippen molar-refractivity contribution < 1.29 is 29.4 Å². The summed E-state index contributed by atoms with van der Waals surface area (Å²) < 4.78 is 0. The molecular weight excluding hydrogens is 380 g/mol. The van der Waals surface area contributed by atoms with Gasteiger partial charge in [-0.05, 0) is 43.4 Å². The fourth-order valence-electron chi connectivity index (χ4n) is 3.29. The molecule has 7 N–H and O–H groups in total. The monoisotopic (exact) mass is 406 g/mol. The lowest BCUT2D eigenvalue weighted by molar-refractivity contribution is -0.149. The Bertz CT molecular complexity index is 766. The van der Waals surface area contributed by atoms with E-state index in [0.29, 0.717) is 12.8 Å². The van der Waals surface area contributed by atoms with E-state index in [1.807, 2.05) is 0 Å². The van der Waals surface area contributed by atoms with Crippen LogP contribution in [0.3, 0.4) is 0 Å². The predicted octanol–water partition coefficient (Wildman–Crippen LogP) is -0.912. The molecule has 0 aromatic heterocycles. The molecule has 29 heavy (non-hydrogen) atoms. The van der Waals surface area contributed by atoms with E-state index >= 15 is 0 Å². The number of nitrogens with one attached hydrogen (secondary N) is 1. The zero-order valence-corrected chi connectivity index (χ0v) is 15.9. The van der Waals surface area contributed by atoms with E-state index in [1.54, 1.807) is 12.1 Å². The average molecular weight is 406 g/mol. The van der Waals surface area contributed by atoms with Crippen molar-refractivity contribution in [3.05, 3.63) is 29.8 Å². The Hall–Kier alpha value is -3.14. The first-order valence-electron chi connectivity index (χ1n) is 9.34. The highest BCUT2D eigenvalue weighted by Crippen LogP contribution is 2.20. The number of aliphatic carboxylic acids is 1. The molecule has 3 atom stereocenters. The normalized spacial score (nSPS) is 18.1. The number of amides is 3. The van der Waals surface area contributed by atoms with Crippen LogP contribution in [0.5, 0.6) is 5.75 Å². The molecule has 1 aliphatic rings. The number of carboxylic acids is 1. The molecule has 0 bridgehead atoms. The van der Waals surface area contributed by atoms with Crippen LogP contribution in [0.15, 0.2) is 24.3 Å². The Morgan fingerprint density at radius 2 is 1.86 bits per heavy atom. The lowest BCUT2D eigenvalue weighted by Crippen LogP contribution is -2.55. The van der Waals surface area contributed by atoms with Crippen molar-refractivity contribution in [3.8, 4) is 5.75 Å². The molecule has 1 aromatic rings. The second-order valence-corrected chi connectivity index (χ2v) is 7.07. The van der Waals surface area contributed by atoms with E-state index in [1.165, 1.54) is 17.0 Å². The third kappa shape index (κ3) is 6.18. The Kier molecular flexibility index (Phi) is 7.54. The molecule has 1 heterocycles. The van der Waals surface area contributed by atoms with Crippen LogP contribution in [0, 0.1) is 0 Å². The van der Waals surface area contributed by atoms with E-state index in [2.05, 4.69) is 5.32 Å². The number of aromatic hydroxyl groups is 1. The molecule has 0 aliphatic carbocycles. The van der Waals surface area contributed by atoms with Crippen LogP contribution in [-0.2, 0) is 25.6 Å². The Labute approximate surface area is 167 Å². The second-order valence-electron chi connectivity index (χ2n) is 7.07. The summed E-state index contributed by atoms with van der Waals surface area (Å²) in [5, 5.41) is 21.1. The molecular formula is C19H26N4O6. The van der Waals surface area contributed by atoms with Gasteiger partial charge in [-0.15, -0.1) is 0 Å². The molecule has 0 spiro atoms. The molecule has 0 saturated carbocycles. The number of phenols is 1. The summed E-state index contributed by atoms with van der Waals surface area (Å²) in [6.07, 6.45) is 0.853. The van der Waals surface area contributed by atoms with Gasteiger partial charge in [-0.2, -0.15) is 0 Å². The zero-order chi connectivity index (χ0) is 21.6. The molecule has 1 aromatic carbocycles. The number of rotatable bonds is 9. The van der Waals surface area contributed by atoms with Crippen molar-refractivity contribution in [2.24, 2.45) is 11.5 Å². The Morgan fingerprint density at radius 1 is 1.21 bits per heavy atom. The van der Waals surface area contributed by atoms with Gasteiger partial charge in [0.05, 0.1) is 6.04 Å². The Balaban J connectivity index is 2.07. The highest BCUT2D eigenvalue weighted by molar-refractivity contribution is 5.92. The van der Waals surface area contributed by atoms with Gasteiger partial charge in [0.25, 0.3) is 0 Å². The van der Waals surface area contributed by atoms with Crippen LogP contribution in [-0.4, -0.2) is 63.5 Å². The van der Waals surface area contributed by atoms with Gasteiger partial charge >= 0.3 is 5.97 Å². The lowest BCUT2D eigenvalue weighted by Gasteiger charge is -2.28. The number of carbonyl (C=O) groups excluding carboxylic acids is 3. The molecule has 158 valence electrons. The third-order valence-corrected chi connectivity index (χ3v) is 4.84. The van der Waals surface area contributed by atoms with Crippen molar-refractivity contribution >= 4 is 23.7 Å². The number of hydrogen-bond donors (Lipinski definition) is 5. The zero-order valence-electron chi connectivity index (χ0n) is 15.9. The van der Waals surface area contributed by atoms with Crippen LogP contribution in [0.4, 0.5) is 0 Å². The smallest absolute Gasteiger partial charge is 0.326 e. The van der Waals surface area contributed by atoms with Crippen molar-refractivity contribution in [1.29, 1.82) is 0 Å². The van der Waals surface area contributed by atoms with E-state index in [-0.39, 0.29) is 31.6 Å². The molecule has 2 rings (SSSR count). The summed E-state index contributed by atoms with van der Waals surface area (Å²) in [7, 11) is 0. The summed E-state index contributed by atoms with van der Waals surface area (Å²) >= 11 is 0. The summed E-state index contributed by atoms with van der Waals surface area (Å²) in [5.41, 5.74) is 11.8. The molecule has 10 nitrogen and oxygen atoms in total. The largest absolute Gasteiger partial charge is 0.508 e. The van der Waals surface area contributed by atoms with E-state index in [4.69, 9.17) is 11.5 Å². The van der Waals surface area contributed by atoms with Gasteiger partial charge in [-0.25, -0.2) is 4.79 Å². The van der Waals surface area contributed by atoms with Gasteiger partial charge in [0, 0.05) is 13.0 Å². The number of nitrogens with two attached hydrogens (primary N) is 2. The highest BCUT2D eigenvalue weighted by atomic mass is 16.4. The number of primary amides is 1. The molecule has 3 amide bonds. The number of benzene rings is 1. The SMILES string of the molecule is NC(=O)CCC(NC(=O)C(N)Cc1ccc(O)cc1)C(=O)N1CCCC1C(=O)O. The standard InChI is InChI=1S/C19H26N4O6/c20-13(10-11-3-5-12(24)6-4-11)17(26)22-14(7-8-16(21)25)18(27)23-9-1-2-15(23)19(28)29/h3-6,13-15,24H,1-2,7-10,20H2,(H2,21,25)(H,22,26)(H,28,29). The first-order chi connectivity index (χ1) is 13.7. The summed E-state index contributed by atoms with van der Waals surface area (Å²) in [6.45, 7) is 0.262. The fraction of sp³-hybridized carbons (Fsp3) is 0.474. The number of hydrogen-bond acceptors (Lipinski definition) is 6. The van der Waals surface area contributed by atoms with Gasteiger partial charge in [-0.3, -0.25) is 14.4 Å². The molecule has 1 aliphatic heterocycles. The maximum Gasteiger partial charge on any atom is 0.326 e.